The van der Waals surface area contributed by atoms with Gasteiger partial charge in [0.1, 0.15) is 0 Å². The molecule has 0 unspecified atom stereocenters. The maximum absolute atomic E-state index is 6.05. The molecule has 6 heteroatoms. The minimum atomic E-state index is -0.471. The molecule has 1 saturated heterocycles. The standard InChI is InChI=1S/C14H19BO5/c1-13(2)14(3,4)20-15(19-13)9-6-7-10(16-5)12-11(9)17-8-18-12/h6-7H,8H2,1-5H3. The molecule has 1 fully saturated rings. The van der Waals surface area contributed by atoms with Gasteiger partial charge in [0, 0.05) is 5.46 Å². The van der Waals surface area contributed by atoms with Crippen molar-refractivity contribution in [1.29, 1.82) is 0 Å². The molecule has 0 saturated carbocycles. The van der Waals surface area contributed by atoms with Crippen LogP contribution in [0, 0.1) is 0 Å². The van der Waals surface area contributed by atoms with E-state index >= 15 is 0 Å². The Hall–Kier alpha value is -1.40. The summed E-state index contributed by atoms with van der Waals surface area (Å²) in [5.74, 6) is 1.90. The van der Waals surface area contributed by atoms with Crippen LogP contribution in [0.5, 0.6) is 17.2 Å². The molecule has 1 aromatic carbocycles. The zero-order valence-corrected chi connectivity index (χ0v) is 12.5. The van der Waals surface area contributed by atoms with Crippen molar-refractivity contribution in [2.45, 2.75) is 38.9 Å². The molecule has 0 aliphatic carbocycles. The summed E-state index contributed by atoms with van der Waals surface area (Å²) in [6.45, 7) is 8.27. The van der Waals surface area contributed by atoms with Crippen molar-refractivity contribution in [2.24, 2.45) is 0 Å². The predicted molar refractivity (Wildman–Crippen MR) is 74.8 cm³/mol. The number of fused-ring (bicyclic) bond motifs is 1. The van der Waals surface area contributed by atoms with Gasteiger partial charge in [-0.15, -0.1) is 0 Å². The van der Waals surface area contributed by atoms with Crippen molar-refractivity contribution in [1.82, 2.24) is 0 Å². The van der Waals surface area contributed by atoms with Gasteiger partial charge < -0.3 is 23.5 Å². The number of ether oxygens (including phenoxy) is 3. The molecule has 0 N–H and O–H groups in total. The predicted octanol–water partition coefficient (Wildman–Crippen LogP) is 1.72. The summed E-state index contributed by atoms with van der Waals surface area (Å²) in [5.41, 5.74) is 0.0605. The molecular weight excluding hydrogens is 259 g/mol. The van der Waals surface area contributed by atoms with Gasteiger partial charge in [0.05, 0.1) is 18.3 Å². The second-order valence-electron chi connectivity index (χ2n) is 6.01. The van der Waals surface area contributed by atoms with Crippen molar-refractivity contribution in [3.05, 3.63) is 12.1 Å². The summed E-state index contributed by atoms with van der Waals surface area (Å²) in [5, 5.41) is 0. The highest BCUT2D eigenvalue weighted by atomic mass is 16.7. The van der Waals surface area contributed by atoms with Crippen LogP contribution in [0.1, 0.15) is 27.7 Å². The lowest BCUT2D eigenvalue weighted by Crippen LogP contribution is -2.41. The highest BCUT2D eigenvalue weighted by Crippen LogP contribution is 2.42. The lowest BCUT2D eigenvalue weighted by molar-refractivity contribution is 0.00578. The number of hydrogen-bond donors (Lipinski definition) is 0. The van der Waals surface area contributed by atoms with E-state index in [9.17, 15) is 0 Å². The van der Waals surface area contributed by atoms with Gasteiger partial charge in [0.25, 0.3) is 0 Å². The normalized spacial score (nSPS) is 22.1. The minimum Gasteiger partial charge on any atom is -0.493 e. The number of rotatable bonds is 2. The Kier molecular flexibility index (Phi) is 2.92. The van der Waals surface area contributed by atoms with E-state index in [1.807, 2.05) is 39.8 Å². The maximum Gasteiger partial charge on any atom is 0.498 e. The van der Waals surface area contributed by atoms with Crippen molar-refractivity contribution >= 4 is 12.6 Å². The van der Waals surface area contributed by atoms with Gasteiger partial charge in [-0.05, 0) is 33.8 Å². The third-order valence-electron chi connectivity index (χ3n) is 4.24. The second-order valence-corrected chi connectivity index (χ2v) is 6.01. The van der Waals surface area contributed by atoms with Crippen LogP contribution in [0.3, 0.4) is 0 Å². The first-order chi connectivity index (χ1) is 9.36. The van der Waals surface area contributed by atoms with Crippen LogP contribution in [0.4, 0.5) is 0 Å². The molecular formula is C14H19BO5. The molecule has 0 amide bonds. The Balaban J connectivity index is 1.99. The summed E-state index contributed by atoms with van der Waals surface area (Å²) in [4.78, 5) is 0. The average Bonchev–Trinajstić information content (AvgIpc) is 2.91. The molecule has 0 bridgehead atoms. The highest BCUT2D eigenvalue weighted by Gasteiger charge is 2.53. The molecule has 0 radical (unpaired) electrons. The maximum atomic E-state index is 6.05. The molecule has 2 aliphatic heterocycles. The quantitative estimate of drug-likeness (QED) is 0.771. The van der Waals surface area contributed by atoms with Gasteiger partial charge in [0.2, 0.25) is 12.5 Å². The van der Waals surface area contributed by atoms with Gasteiger partial charge in [-0.1, -0.05) is 6.07 Å². The molecule has 2 heterocycles. The van der Waals surface area contributed by atoms with Crippen molar-refractivity contribution in [3.8, 4) is 17.2 Å². The Bertz CT molecular complexity index is 525. The van der Waals surface area contributed by atoms with Crippen LogP contribution >= 0.6 is 0 Å². The van der Waals surface area contributed by atoms with Crippen LogP contribution in [-0.4, -0.2) is 32.2 Å². The summed E-state index contributed by atoms with van der Waals surface area (Å²) in [7, 11) is 1.13. The van der Waals surface area contributed by atoms with Gasteiger partial charge in [-0.2, -0.15) is 0 Å². The lowest BCUT2D eigenvalue weighted by Gasteiger charge is -2.32. The number of methoxy groups -OCH3 is 1. The molecule has 20 heavy (non-hydrogen) atoms. The Morgan fingerprint density at radius 1 is 1.00 bits per heavy atom. The Morgan fingerprint density at radius 2 is 1.60 bits per heavy atom. The zero-order chi connectivity index (χ0) is 14.5. The first-order valence-corrected chi connectivity index (χ1v) is 6.68. The topological polar surface area (TPSA) is 46.2 Å². The van der Waals surface area contributed by atoms with Crippen LogP contribution < -0.4 is 19.7 Å². The molecule has 108 valence electrons. The van der Waals surface area contributed by atoms with Crippen LogP contribution in [-0.2, 0) is 9.31 Å². The van der Waals surface area contributed by atoms with E-state index in [-0.39, 0.29) is 18.0 Å². The van der Waals surface area contributed by atoms with Crippen molar-refractivity contribution in [3.63, 3.8) is 0 Å². The van der Waals surface area contributed by atoms with E-state index in [0.29, 0.717) is 17.2 Å². The number of hydrogen-bond acceptors (Lipinski definition) is 5. The fourth-order valence-corrected chi connectivity index (χ4v) is 2.31. The van der Waals surface area contributed by atoms with E-state index in [1.54, 1.807) is 7.11 Å². The molecule has 1 aromatic rings. The molecule has 5 nitrogen and oxygen atoms in total. The first kappa shape index (κ1) is 13.6. The average molecular weight is 278 g/mol. The smallest absolute Gasteiger partial charge is 0.493 e. The van der Waals surface area contributed by atoms with Crippen LogP contribution in [0.25, 0.3) is 0 Å². The third-order valence-corrected chi connectivity index (χ3v) is 4.24. The van der Waals surface area contributed by atoms with Crippen molar-refractivity contribution < 1.29 is 23.5 Å². The van der Waals surface area contributed by atoms with E-state index in [1.165, 1.54) is 0 Å². The summed E-state index contributed by atoms with van der Waals surface area (Å²) < 4.78 is 28.4. The van der Waals surface area contributed by atoms with Gasteiger partial charge >= 0.3 is 7.12 Å². The van der Waals surface area contributed by atoms with E-state index in [0.717, 1.165) is 5.46 Å². The fourth-order valence-electron chi connectivity index (χ4n) is 2.31. The van der Waals surface area contributed by atoms with Crippen molar-refractivity contribution in [2.75, 3.05) is 13.9 Å². The first-order valence-electron chi connectivity index (χ1n) is 6.68. The monoisotopic (exact) mass is 278 g/mol. The molecule has 0 atom stereocenters. The largest absolute Gasteiger partial charge is 0.498 e. The lowest BCUT2D eigenvalue weighted by atomic mass is 9.78. The van der Waals surface area contributed by atoms with Crippen LogP contribution in [0.15, 0.2) is 12.1 Å². The number of benzene rings is 1. The summed E-state index contributed by atoms with van der Waals surface area (Å²) in [6, 6.07) is 3.74. The minimum absolute atomic E-state index is 0.183. The molecule has 0 spiro atoms. The fraction of sp³-hybridized carbons (Fsp3) is 0.571. The summed E-state index contributed by atoms with van der Waals surface area (Å²) >= 11 is 0. The summed E-state index contributed by atoms with van der Waals surface area (Å²) in [6.07, 6.45) is 0. The van der Waals surface area contributed by atoms with Crippen LogP contribution in [0.2, 0.25) is 0 Å². The zero-order valence-electron chi connectivity index (χ0n) is 12.5. The molecule has 0 aromatic heterocycles. The van der Waals surface area contributed by atoms with E-state index in [4.69, 9.17) is 23.5 Å². The molecule has 2 aliphatic rings. The Morgan fingerprint density at radius 3 is 2.20 bits per heavy atom. The Labute approximate surface area is 119 Å². The molecule has 3 rings (SSSR count). The van der Waals surface area contributed by atoms with Gasteiger partial charge in [-0.3, -0.25) is 0 Å². The highest BCUT2D eigenvalue weighted by molar-refractivity contribution is 6.63. The SMILES string of the molecule is COc1ccc(B2OC(C)(C)C(C)(C)O2)c2c1OCO2. The second kappa shape index (κ2) is 4.30. The van der Waals surface area contributed by atoms with E-state index < -0.39 is 7.12 Å². The van der Waals surface area contributed by atoms with Gasteiger partial charge in [-0.25, -0.2) is 0 Å². The van der Waals surface area contributed by atoms with Gasteiger partial charge in [0.15, 0.2) is 11.5 Å². The van der Waals surface area contributed by atoms with E-state index in [2.05, 4.69) is 0 Å². The third kappa shape index (κ3) is 1.86.